The van der Waals surface area contributed by atoms with Gasteiger partial charge in [0.05, 0.1) is 0 Å². The third-order valence-electron chi connectivity index (χ3n) is 4.14. The first kappa shape index (κ1) is 16.4. The number of imidazole rings is 1. The van der Waals surface area contributed by atoms with E-state index in [-0.39, 0.29) is 6.04 Å². The zero-order valence-electron chi connectivity index (χ0n) is 13.2. The van der Waals surface area contributed by atoms with E-state index >= 15 is 0 Å². The van der Waals surface area contributed by atoms with Crippen LogP contribution in [0.4, 0.5) is 0 Å². The van der Waals surface area contributed by atoms with Crippen LogP contribution in [0.3, 0.4) is 0 Å². The van der Waals surface area contributed by atoms with Gasteiger partial charge in [-0.2, -0.15) is 0 Å². The molecule has 7 heteroatoms. The summed E-state index contributed by atoms with van der Waals surface area (Å²) in [6, 6.07) is 15.8. The third kappa shape index (κ3) is 3.23. The third-order valence-corrected chi connectivity index (χ3v) is 5.12. The quantitative estimate of drug-likeness (QED) is 0.451. The molecule has 2 aromatic heterocycles. The van der Waals surface area contributed by atoms with Gasteiger partial charge in [-0.1, -0.05) is 18.2 Å². The number of nitrogens with two attached hydrogens (primary N) is 1. The predicted molar refractivity (Wildman–Crippen MR) is 101 cm³/mol. The molecule has 2 radical (unpaired) electrons. The van der Waals surface area contributed by atoms with Crippen molar-refractivity contribution in [3.05, 3.63) is 65.1 Å². The van der Waals surface area contributed by atoms with E-state index < -0.39 is 0 Å². The number of hydrogen-bond acceptors (Lipinski definition) is 3. The molecular formula is C18H15AsClN5. The molecule has 2 heterocycles. The Balaban J connectivity index is 1.64. The molecule has 0 aliphatic heterocycles. The van der Waals surface area contributed by atoms with E-state index in [0.29, 0.717) is 23.1 Å². The van der Waals surface area contributed by atoms with Gasteiger partial charge in [-0.05, 0) is 0 Å². The summed E-state index contributed by atoms with van der Waals surface area (Å²) in [6.45, 7) is 0. The number of H-pyrrole nitrogens is 2. The Labute approximate surface area is 158 Å². The fourth-order valence-corrected chi connectivity index (χ4v) is 3.60. The molecule has 0 saturated carbocycles. The Morgan fingerprint density at radius 1 is 1.16 bits per heavy atom. The summed E-state index contributed by atoms with van der Waals surface area (Å²) in [6.07, 6.45) is 0.694. The van der Waals surface area contributed by atoms with Gasteiger partial charge in [0, 0.05) is 0 Å². The van der Waals surface area contributed by atoms with E-state index in [4.69, 9.17) is 17.3 Å². The molecule has 0 saturated heterocycles. The Morgan fingerprint density at radius 3 is 2.76 bits per heavy atom. The normalized spacial score (nSPS) is 12.6. The Kier molecular flexibility index (Phi) is 4.38. The minimum absolute atomic E-state index is 0.248. The van der Waals surface area contributed by atoms with Crippen molar-refractivity contribution in [2.24, 2.45) is 5.73 Å². The van der Waals surface area contributed by atoms with Gasteiger partial charge in [-0.25, -0.2) is 0 Å². The maximum absolute atomic E-state index is 6.38. The van der Waals surface area contributed by atoms with Crippen LogP contribution in [-0.2, 0) is 6.42 Å². The molecule has 0 aliphatic carbocycles. The van der Waals surface area contributed by atoms with Crippen molar-refractivity contribution < 1.29 is 0 Å². The van der Waals surface area contributed by atoms with E-state index in [1.165, 1.54) is 0 Å². The van der Waals surface area contributed by atoms with Crippen molar-refractivity contribution in [1.29, 1.82) is 0 Å². The Morgan fingerprint density at radius 2 is 1.96 bits per heavy atom. The van der Waals surface area contributed by atoms with Crippen LogP contribution >= 0.6 is 11.6 Å². The standard InChI is InChI=1S/C18H15AsClN5/c19-16-12-7-6-11(9-14(12)24-25-16)15-17(20)23-18(22-15)13(21)8-10-4-2-1-3-5-10/h1-7,9,13H,8,21H2,(H,22,23)(H,24,25)/t13-/m0/s1. The fraction of sp³-hybridized carbons (Fsp3) is 0.111. The van der Waals surface area contributed by atoms with Crippen LogP contribution in [-0.4, -0.2) is 37.0 Å². The Hall–Kier alpha value is -2.07. The monoisotopic (exact) mass is 411 g/mol. The van der Waals surface area contributed by atoms with E-state index in [1.807, 2.05) is 36.4 Å². The van der Waals surface area contributed by atoms with Crippen LogP contribution in [0.5, 0.6) is 0 Å². The van der Waals surface area contributed by atoms with Crippen LogP contribution in [0, 0.1) is 0 Å². The van der Waals surface area contributed by atoms with Gasteiger partial charge >= 0.3 is 140 Å². The van der Waals surface area contributed by atoms with E-state index in [1.54, 1.807) is 0 Å². The number of rotatable bonds is 4. The SMILES string of the molecule is N[C@@H](Cc1ccccc1)c1nc(-c2ccc3c([As])[nH]nc3c2)c(Cl)[nH]1. The molecule has 124 valence electrons. The van der Waals surface area contributed by atoms with Crippen LogP contribution in [0.2, 0.25) is 5.15 Å². The molecule has 0 fully saturated rings. The number of hydrogen-bond donors (Lipinski definition) is 3. The van der Waals surface area contributed by atoms with Gasteiger partial charge < -0.3 is 0 Å². The average molecular weight is 412 g/mol. The molecule has 0 aliphatic rings. The number of halogens is 1. The molecule has 0 unspecified atom stereocenters. The van der Waals surface area contributed by atoms with Crippen molar-refractivity contribution in [2.75, 3.05) is 0 Å². The second kappa shape index (κ2) is 6.68. The molecule has 0 amide bonds. The topological polar surface area (TPSA) is 83.4 Å². The molecule has 4 rings (SSSR count). The van der Waals surface area contributed by atoms with Gasteiger partial charge in [-0.15, -0.1) is 0 Å². The number of aromatic amines is 2. The summed E-state index contributed by atoms with van der Waals surface area (Å²) in [7, 11) is 0. The van der Waals surface area contributed by atoms with E-state index in [2.05, 4.69) is 49.2 Å². The van der Waals surface area contributed by atoms with Crippen molar-refractivity contribution in [3.63, 3.8) is 0 Å². The number of nitrogens with zero attached hydrogens (tertiary/aromatic N) is 2. The zero-order chi connectivity index (χ0) is 17.4. The summed E-state index contributed by atoms with van der Waals surface area (Å²) >= 11 is 8.85. The van der Waals surface area contributed by atoms with Crippen molar-refractivity contribution in [2.45, 2.75) is 12.5 Å². The van der Waals surface area contributed by atoms with Gasteiger partial charge in [0.2, 0.25) is 0 Å². The maximum atomic E-state index is 6.38. The van der Waals surface area contributed by atoms with Gasteiger partial charge in [-0.3, -0.25) is 0 Å². The molecule has 25 heavy (non-hydrogen) atoms. The molecule has 4 aromatic rings. The van der Waals surface area contributed by atoms with Crippen LogP contribution in [0.25, 0.3) is 22.2 Å². The molecule has 4 N–H and O–H groups in total. The number of nitrogens with one attached hydrogen (secondary N) is 2. The summed E-state index contributed by atoms with van der Waals surface area (Å²) in [4.78, 5) is 7.75. The van der Waals surface area contributed by atoms with E-state index in [9.17, 15) is 0 Å². The molecule has 0 spiro atoms. The second-order valence-corrected chi connectivity index (χ2v) is 7.20. The molecule has 5 nitrogen and oxygen atoms in total. The first-order valence-corrected chi connectivity index (χ1v) is 9.16. The van der Waals surface area contributed by atoms with Gasteiger partial charge in [0.15, 0.2) is 0 Å². The number of aromatic nitrogens is 4. The Bertz CT molecular complexity index is 1020. The van der Waals surface area contributed by atoms with Crippen LogP contribution < -0.4 is 10.2 Å². The molecule has 0 bridgehead atoms. The summed E-state index contributed by atoms with van der Waals surface area (Å²) < 4.78 is 0.979. The predicted octanol–water partition coefficient (Wildman–Crippen LogP) is 2.64. The molecule has 2 aromatic carbocycles. The summed E-state index contributed by atoms with van der Waals surface area (Å²) in [5.41, 5.74) is 9.95. The number of fused-ring (bicyclic) bond motifs is 1. The van der Waals surface area contributed by atoms with Gasteiger partial charge in [0.25, 0.3) is 0 Å². The van der Waals surface area contributed by atoms with E-state index in [0.717, 1.165) is 26.5 Å². The van der Waals surface area contributed by atoms with Crippen LogP contribution in [0.1, 0.15) is 17.4 Å². The van der Waals surface area contributed by atoms with Crippen molar-refractivity contribution in [3.8, 4) is 11.3 Å². The van der Waals surface area contributed by atoms with Crippen molar-refractivity contribution in [1.82, 2.24) is 20.2 Å². The first-order valence-electron chi connectivity index (χ1n) is 7.84. The first-order chi connectivity index (χ1) is 12.1. The average Bonchev–Trinajstić information content (AvgIpc) is 3.19. The minimum atomic E-state index is -0.248. The van der Waals surface area contributed by atoms with Gasteiger partial charge in [0.1, 0.15) is 0 Å². The second-order valence-electron chi connectivity index (χ2n) is 5.88. The molecular weight excluding hydrogens is 397 g/mol. The number of benzene rings is 2. The summed E-state index contributed by atoms with van der Waals surface area (Å²) in [5, 5.41) is 8.80. The van der Waals surface area contributed by atoms with Crippen LogP contribution in [0.15, 0.2) is 48.5 Å². The van der Waals surface area contributed by atoms with Crippen molar-refractivity contribution >= 4 is 43.8 Å². The fourth-order valence-electron chi connectivity index (χ4n) is 2.85. The summed E-state index contributed by atoms with van der Waals surface area (Å²) in [5.74, 6) is 0.679. The zero-order valence-corrected chi connectivity index (χ0v) is 15.8. The molecule has 1 atom stereocenters.